The van der Waals surface area contributed by atoms with Gasteiger partial charge in [0.1, 0.15) is 5.65 Å². The van der Waals surface area contributed by atoms with Gasteiger partial charge in [-0.3, -0.25) is 0 Å². The van der Waals surface area contributed by atoms with E-state index in [1.807, 2.05) is 31.2 Å². The lowest BCUT2D eigenvalue weighted by Crippen LogP contribution is -2.53. The highest BCUT2D eigenvalue weighted by Gasteiger charge is 2.44. The normalized spacial score (nSPS) is 26.3. The summed E-state index contributed by atoms with van der Waals surface area (Å²) in [4.78, 5) is 7.05. The highest BCUT2D eigenvalue weighted by molar-refractivity contribution is 5.93. The molecular weight excluding hydrogens is 329 g/mol. The molecule has 4 nitrogen and oxygen atoms in total. The SMILES string of the molecule is Cc1cc(-c2ccnc3[nH]cc(F)c23)ccc1C1(O)C(C)CNCC1C. The number of aryl methyl sites for hydroxylation is 1. The van der Waals surface area contributed by atoms with Gasteiger partial charge in [-0.25, -0.2) is 9.37 Å². The molecule has 5 heteroatoms. The minimum Gasteiger partial charge on any atom is -0.384 e. The van der Waals surface area contributed by atoms with Crippen molar-refractivity contribution in [1.29, 1.82) is 0 Å². The summed E-state index contributed by atoms with van der Waals surface area (Å²) in [6, 6.07) is 7.84. The Hall–Kier alpha value is -2.24. The average molecular weight is 353 g/mol. The van der Waals surface area contributed by atoms with Gasteiger partial charge in [0.15, 0.2) is 5.82 Å². The lowest BCUT2D eigenvalue weighted by atomic mass is 9.70. The smallest absolute Gasteiger partial charge is 0.150 e. The zero-order valence-electron chi connectivity index (χ0n) is 15.3. The van der Waals surface area contributed by atoms with E-state index in [-0.39, 0.29) is 17.7 Å². The van der Waals surface area contributed by atoms with E-state index in [0.717, 1.165) is 35.3 Å². The van der Waals surface area contributed by atoms with E-state index in [9.17, 15) is 9.50 Å². The second kappa shape index (κ2) is 6.18. The fourth-order valence-electron chi connectivity index (χ4n) is 4.38. The first-order valence-electron chi connectivity index (χ1n) is 9.09. The second-order valence-electron chi connectivity index (χ2n) is 7.53. The third-order valence-corrected chi connectivity index (χ3v) is 5.90. The summed E-state index contributed by atoms with van der Waals surface area (Å²) in [5, 5.41) is 15.4. The molecule has 1 aliphatic rings. The van der Waals surface area contributed by atoms with Crippen LogP contribution in [0, 0.1) is 24.6 Å². The molecule has 0 radical (unpaired) electrons. The lowest BCUT2D eigenvalue weighted by molar-refractivity contribution is -0.0811. The van der Waals surface area contributed by atoms with Crippen molar-refractivity contribution in [2.45, 2.75) is 26.4 Å². The van der Waals surface area contributed by atoms with Crippen LogP contribution in [0.5, 0.6) is 0 Å². The lowest BCUT2D eigenvalue weighted by Gasteiger charge is -2.44. The Kier molecular flexibility index (Phi) is 4.09. The number of benzene rings is 1. The van der Waals surface area contributed by atoms with Gasteiger partial charge in [-0.2, -0.15) is 0 Å². The van der Waals surface area contributed by atoms with E-state index in [0.29, 0.717) is 11.0 Å². The molecule has 0 aliphatic carbocycles. The van der Waals surface area contributed by atoms with E-state index in [1.165, 1.54) is 6.20 Å². The van der Waals surface area contributed by atoms with Gasteiger partial charge in [0.2, 0.25) is 0 Å². The minimum absolute atomic E-state index is 0.116. The number of pyridine rings is 1. The van der Waals surface area contributed by atoms with Crippen LogP contribution in [0.1, 0.15) is 25.0 Å². The van der Waals surface area contributed by atoms with Gasteiger partial charge in [-0.05, 0) is 35.2 Å². The number of aromatic amines is 1. The van der Waals surface area contributed by atoms with Gasteiger partial charge in [-0.1, -0.05) is 32.0 Å². The molecule has 26 heavy (non-hydrogen) atoms. The molecule has 1 aliphatic heterocycles. The van der Waals surface area contributed by atoms with Crippen LogP contribution in [0.25, 0.3) is 22.2 Å². The van der Waals surface area contributed by atoms with Crippen molar-refractivity contribution in [3.8, 4) is 11.1 Å². The van der Waals surface area contributed by atoms with Crippen molar-refractivity contribution < 1.29 is 9.50 Å². The van der Waals surface area contributed by atoms with Gasteiger partial charge in [0, 0.05) is 37.3 Å². The Morgan fingerprint density at radius 1 is 1.19 bits per heavy atom. The molecule has 0 spiro atoms. The molecule has 136 valence electrons. The number of hydrogen-bond donors (Lipinski definition) is 3. The third kappa shape index (κ3) is 2.46. The van der Waals surface area contributed by atoms with Crippen molar-refractivity contribution in [3.63, 3.8) is 0 Å². The van der Waals surface area contributed by atoms with Crippen molar-refractivity contribution in [1.82, 2.24) is 15.3 Å². The third-order valence-electron chi connectivity index (χ3n) is 5.90. The maximum absolute atomic E-state index is 14.2. The number of nitrogens with one attached hydrogen (secondary N) is 2. The Morgan fingerprint density at radius 3 is 2.62 bits per heavy atom. The molecule has 2 unspecified atom stereocenters. The Labute approximate surface area is 152 Å². The van der Waals surface area contributed by atoms with E-state index in [4.69, 9.17) is 0 Å². The predicted molar refractivity (Wildman–Crippen MR) is 101 cm³/mol. The molecule has 0 bridgehead atoms. The van der Waals surface area contributed by atoms with E-state index >= 15 is 0 Å². The maximum Gasteiger partial charge on any atom is 0.150 e. The van der Waals surface area contributed by atoms with Crippen molar-refractivity contribution >= 4 is 11.0 Å². The molecular formula is C21H24FN3O. The number of piperidine rings is 1. The van der Waals surface area contributed by atoms with E-state index in [2.05, 4.69) is 29.1 Å². The first kappa shape index (κ1) is 17.2. The minimum atomic E-state index is -0.860. The molecule has 1 saturated heterocycles. The topological polar surface area (TPSA) is 60.9 Å². The number of rotatable bonds is 2. The number of fused-ring (bicyclic) bond motifs is 1. The monoisotopic (exact) mass is 353 g/mol. The standard InChI is InChI=1S/C21H24FN3O/c1-12-8-15(16-6-7-24-20-19(16)18(22)11-25-20)4-5-17(12)21(26)13(2)9-23-10-14(21)3/h4-8,11,13-14,23,26H,9-10H2,1-3H3,(H,24,25). The zero-order valence-corrected chi connectivity index (χ0v) is 15.3. The Bertz CT molecular complexity index is 955. The van der Waals surface area contributed by atoms with E-state index < -0.39 is 5.60 Å². The summed E-state index contributed by atoms with van der Waals surface area (Å²) in [6.07, 6.45) is 3.02. The number of aromatic nitrogens is 2. The summed E-state index contributed by atoms with van der Waals surface area (Å²) in [5.74, 6) is -0.0693. The highest BCUT2D eigenvalue weighted by atomic mass is 19.1. The van der Waals surface area contributed by atoms with Gasteiger partial charge in [-0.15, -0.1) is 0 Å². The molecule has 1 aromatic carbocycles. The first-order chi connectivity index (χ1) is 12.4. The van der Waals surface area contributed by atoms with Crippen LogP contribution in [-0.4, -0.2) is 28.2 Å². The number of nitrogens with zero attached hydrogens (tertiary/aromatic N) is 1. The molecule has 0 amide bonds. The summed E-state index contributed by atoms with van der Waals surface area (Å²) >= 11 is 0. The van der Waals surface area contributed by atoms with Gasteiger partial charge in [0.05, 0.1) is 11.0 Å². The average Bonchev–Trinajstić information content (AvgIpc) is 3.01. The van der Waals surface area contributed by atoms with Crippen LogP contribution in [-0.2, 0) is 5.60 Å². The number of halogens is 1. The van der Waals surface area contributed by atoms with Crippen LogP contribution in [0.3, 0.4) is 0 Å². The summed E-state index contributed by atoms with van der Waals surface area (Å²) < 4.78 is 14.2. The Morgan fingerprint density at radius 2 is 1.92 bits per heavy atom. The van der Waals surface area contributed by atoms with Gasteiger partial charge in [0.25, 0.3) is 0 Å². The van der Waals surface area contributed by atoms with Crippen LogP contribution in [0.4, 0.5) is 4.39 Å². The zero-order chi connectivity index (χ0) is 18.5. The fourth-order valence-corrected chi connectivity index (χ4v) is 4.38. The fraction of sp³-hybridized carbons (Fsp3) is 0.381. The molecule has 2 aromatic heterocycles. The molecule has 3 aromatic rings. The number of hydrogen-bond acceptors (Lipinski definition) is 3. The van der Waals surface area contributed by atoms with Crippen LogP contribution in [0.15, 0.2) is 36.7 Å². The van der Waals surface area contributed by atoms with Crippen LogP contribution in [0.2, 0.25) is 0 Å². The van der Waals surface area contributed by atoms with Gasteiger partial charge >= 0.3 is 0 Å². The number of aliphatic hydroxyl groups is 1. The van der Waals surface area contributed by atoms with E-state index in [1.54, 1.807) is 6.20 Å². The largest absolute Gasteiger partial charge is 0.384 e. The first-order valence-corrected chi connectivity index (χ1v) is 9.09. The molecule has 3 heterocycles. The molecule has 4 rings (SSSR count). The van der Waals surface area contributed by atoms with Crippen LogP contribution >= 0.6 is 0 Å². The van der Waals surface area contributed by atoms with Crippen LogP contribution < -0.4 is 5.32 Å². The molecule has 0 saturated carbocycles. The summed E-state index contributed by atoms with van der Waals surface area (Å²) in [5.41, 5.74) is 3.40. The van der Waals surface area contributed by atoms with Gasteiger partial charge < -0.3 is 15.4 Å². The quantitative estimate of drug-likeness (QED) is 0.658. The second-order valence-corrected chi connectivity index (χ2v) is 7.53. The molecule has 1 fully saturated rings. The molecule has 3 N–H and O–H groups in total. The summed E-state index contributed by atoms with van der Waals surface area (Å²) in [6.45, 7) is 7.77. The predicted octanol–water partition coefficient (Wildman–Crippen LogP) is 3.74. The summed E-state index contributed by atoms with van der Waals surface area (Å²) in [7, 11) is 0. The Balaban J connectivity index is 1.83. The van der Waals surface area contributed by atoms with Crippen molar-refractivity contribution in [3.05, 3.63) is 53.6 Å². The molecule has 2 atom stereocenters. The van der Waals surface area contributed by atoms with Crippen molar-refractivity contribution in [2.75, 3.05) is 13.1 Å². The maximum atomic E-state index is 14.2. The highest BCUT2D eigenvalue weighted by Crippen LogP contribution is 2.41. The number of H-pyrrole nitrogens is 1. The van der Waals surface area contributed by atoms with Crippen molar-refractivity contribution in [2.24, 2.45) is 11.8 Å².